The minimum atomic E-state index is -0.252. The van der Waals surface area contributed by atoms with Gasteiger partial charge in [0.2, 0.25) is 5.95 Å². The number of likely N-dealkylation sites (N-methyl/N-ethyl adjacent to an activating group) is 1. The van der Waals surface area contributed by atoms with E-state index in [1.807, 2.05) is 6.07 Å². The van der Waals surface area contributed by atoms with E-state index in [0.29, 0.717) is 5.65 Å². The summed E-state index contributed by atoms with van der Waals surface area (Å²) in [5.74, 6) is 0.869. The van der Waals surface area contributed by atoms with Crippen molar-refractivity contribution in [1.82, 2.24) is 19.9 Å². The predicted molar refractivity (Wildman–Crippen MR) is 98.0 cm³/mol. The van der Waals surface area contributed by atoms with Crippen LogP contribution in [0.25, 0.3) is 22.3 Å². The Morgan fingerprint density at radius 3 is 2.68 bits per heavy atom. The fourth-order valence-electron chi connectivity index (χ4n) is 3.29. The summed E-state index contributed by atoms with van der Waals surface area (Å²) in [4.78, 5) is 16.7. The molecule has 0 amide bonds. The normalized spacial score (nSPS) is 16.3. The van der Waals surface area contributed by atoms with Crippen LogP contribution in [0.1, 0.15) is 6.42 Å². The van der Waals surface area contributed by atoms with Gasteiger partial charge in [-0.05, 0) is 55.9 Å². The molecular weight excluding hydrogens is 319 g/mol. The SMILES string of the molecule is CN1CCCN(c2nc(N)nc3[nH]c(-c4ccc(F)cc4)cc23)CC1. The highest BCUT2D eigenvalue weighted by Gasteiger charge is 2.19. The van der Waals surface area contributed by atoms with Crippen molar-refractivity contribution >= 4 is 22.8 Å². The Labute approximate surface area is 145 Å². The molecule has 3 heterocycles. The van der Waals surface area contributed by atoms with Crippen LogP contribution in [-0.2, 0) is 0 Å². The molecule has 4 rings (SSSR count). The summed E-state index contributed by atoms with van der Waals surface area (Å²) in [6.07, 6.45) is 1.08. The lowest BCUT2D eigenvalue weighted by Crippen LogP contribution is -2.29. The zero-order chi connectivity index (χ0) is 17.4. The number of anilines is 2. The molecule has 7 heteroatoms. The monoisotopic (exact) mass is 340 g/mol. The van der Waals surface area contributed by atoms with E-state index in [-0.39, 0.29) is 11.8 Å². The van der Waals surface area contributed by atoms with Crippen molar-refractivity contribution < 1.29 is 4.39 Å². The Balaban J connectivity index is 1.77. The van der Waals surface area contributed by atoms with E-state index in [1.165, 1.54) is 12.1 Å². The van der Waals surface area contributed by atoms with Crippen molar-refractivity contribution in [3.8, 4) is 11.3 Å². The molecule has 1 saturated heterocycles. The summed E-state index contributed by atoms with van der Waals surface area (Å²) in [5.41, 5.74) is 8.42. The van der Waals surface area contributed by atoms with Gasteiger partial charge in [0.05, 0.1) is 5.39 Å². The molecule has 25 heavy (non-hydrogen) atoms. The van der Waals surface area contributed by atoms with Crippen LogP contribution in [0.5, 0.6) is 0 Å². The molecule has 2 aromatic heterocycles. The molecule has 1 aliphatic heterocycles. The number of H-pyrrole nitrogens is 1. The highest BCUT2D eigenvalue weighted by molar-refractivity contribution is 5.92. The summed E-state index contributed by atoms with van der Waals surface area (Å²) < 4.78 is 13.2. The number of nitrogens with zero attached hydrogens (tertiary/aromatic N) is 4. The van der Waals surface area contributed by atoms with Gasteiger partial charge in [-0.25, -0.2) is 4.39 Å². The predicted octanol–water partition coefficient (Wildman–Crippen LogP) is 2.49. The quantitative estimate of drug-likeness (QED) is 0.750. The number of nitrogens with one attached hydrogen (secondary N) is 1. The number of aromatic amines is 1. The molecule has 0 unspecified atom stereocenters. The maximum atomic E-state index is 13.2. The first kappa shape index (κ1) is 15.8. The Morgan fingerprint density at radius 2 is 1.88 bits per heavy atom. The first-order chi connectivity index (χ1) is 12.1. The zero-order valence-corrected chi connectivity index (χ0v) is 14.2. The topological polar surface area (TPSA) is 74.1 Å². The van der Waals surface area contributed by atoms with Gasteiger partial charge in [-0.2, -0.15) is 9.97 Å². The molecule has 3 N–H and O–H groups in total. The van der Waals surface area contributed by atoms with E-state index in [9.17, 15) is 4.39 Å². The summed E-state index contributed by atoms with van der Waals surface area (Å²) in [7, 11) is 2.14. The first-order valence-corrected chi connectivity index (χ1v) is 8.46. The van der Waals surface area contributed by atoms with Gasteiger partial charge < -0.3 is 20.5 Å². The fraction of sp³-hybridized carbons (Fsp3) is 0.333. The number of hydrogen-bond acceptors (Lipinski definition) is 5. The first-order valence-electron chi connectivity index (χ1n) is 8.46. The van der Waals surface area contributed by atoms with Crippen LogP contribution < -0.4 is 10.6 Å². The molecule has 0 atom stereocenters. The molecule has 0 bridgehead atoms. The number of rotatable bonds is 2. The number of fused-ring (bicyclic) bond motifs is 1. The summed E-state index contributed by atoms with van der Waals surface area (Å²) in [5, 5.41) is 0.943. The minimum absolute atomic E-state index is 0.252. The van der Waals surface area contributed by atoms with E-state index >= 15 is 0 Å². The van der Waals surface area contributed by atoms with Crippen molar-refractivity contribution in [2.45, 2.75) is 6.42 Å². The molecule has 130 valence electrons. The largest absolute Gasteiger partial charge is 0.368 e. The van der Waals surface area contributed by atoms with Gasteiger partial charge in [-0.1, -0.05) is 0 Å². The van der Waals surface area contributed by atoms with Gasteiger partial charge in [-0.3, -0.25) is 0 Å². The van der Waals surface area contributed by atoms with Crippen LogP contribution in [0.4, 0.5) is 16.2 Å². The third-order valence-electron chi connectivity index (χ3n) is 4.66. The molecule has 1 fully saturated rings. The Morgan fingerprint density at radius 1 is 1.08 bits per heavy atom. The molecule has 0 aliphatic carbocycles. The van der Waals surface area contributed by atoms with Crippen LogP contribution in [0, 0.1) is 5.82 Å². The third-order valence-corrected chi connectivity index (χ3v) is 4.66. The summed E-state index contributed by atoms with van der Waals surface area (Å²) in [6.45, 7) is 3.90. The van der Waals surface area contributed by atoms with Crippen LogP contribution in [0.15, 0.2) is 30.3 Å². The van der Waals surface area contributed by atoms with Crippen molar-refractivity contribution in [2.24, 2.45) is 0 Å². The lowest BCUT2D eigenvalue weighted by molar-refractivity contribution is 0.360. The highest BCUT2D eigenvalue weighted by Crippen LogP contribution is 2.30. The van der Waals surface area contributed by atoms with E-state index in [4.69, 9.17) is 5.73 Å². The number of halogens is 1. The highest BCUT2D eigenvalue weighted by atomic mass is 19.1. The van der Waals surface area contributed by atoms with E-state index < -0.39 is 0 Å². The molecule has 1 aromatic carbocycles. The molecule has 3 aromatic rings. The van der Waals surface area contributed by atoms with Gasteiger partial charge in [-0.15, -0.1) is 0 Å². The molecule has 0 spiro atoms. The molecule has 0 saturated carbocycles. The molecule has 6 nitrogen and oxygen atoms in total. The number of aromatic nitrogens is 3. The fourth-order valence-corrected chi connectivity index (χ4v) is 3.29. The van der Waals surface area contributed by atoms with Crippen LogP contribution >= 0.6 is 0 Å². The minimum Gasteiger partial charge on any atom is -0.368 e. The van der Waals surface area contributed by atoms with Crippen LogP contribution in [0.2, 0.25) is 0 Å². The van der Waals surface area contributed by atoms with Crippen LogP contribution in [0.3, 0.4) is 0 Å². The summed E-state index contributed by atoms with van der Waals surface area (Å²) >= 11 is 0. The van der Waals surface area contributed by atoms with E-state index in [2.05, 4.69) is 31.8 Å². The van der Waals surface area contributed by atoms with Crippen molar-refractivity contribution in [2.75, 3.05) is 43.9 Å². The smallest absolute Gasteiger partial charge is 0.223 e. The Kier molecular flexibility index (Phi) is 4.01. The second-order valence-electron chi connectivity index (χ2n) is 6.50. The van der Waals surface area contributed by atoms with Gasteiger partial charge >= 0.3 is 0 Å². The van der Waals surface area contributed by atoms with Crippen molar-refractivity contribution in [3.05, 3.63) is 36.1 Å². The van der Waals surface area contributed by atoms with E-state index in [1.54, 1.807) is 12.1 Å². The number of hydrogen-bond donors (Lipinski definition) is 2. The standard InChI is InChI=1S/C18H21FN6/c1-24-7-2-8-25(10-9-24)17-14-11-15(12-3-5-13(19)6-4-12)21-16(14)22-18(20)23-17/h3-6,11H,2,7-10H2,1H3,(H3,20,21,22,23). The Bertz CT molecular complexity index is 888. The average molecular weight is 340 g/mol. The second kappa shape index (κ2) is 6.33. The number of nitrogen functional groups attached to an aromatic ring is 1. The zero-order valence-electron chi connectivity index (χ0n) is 14.2. The Hall–Kier alpha value is -2.67. The summed E-state index contributed by atoms with van der Waals surface area (Å²) in [6, 6.07) is 8.42. The maximum Gasteiger partial charge on any atom is 0.223 e. The third kappa shape index (κ3) is 3.15. The molecule has 0 radical (unpaired) electrons. The molecule has 1 aliphatic rings. The average Bonchev–Trinajstić information content (AvgIpc) is 2.89. The van der Waals surface area contributed by atoms with Gasteiger partial charge in [0.25, 0.3) is 0 Å². The number of nitrogens with two attached hydrogens (primary N) is 1. The van der Waals surface area contributed by atoms with Crippen molar-refractivity contribution in [1.29, 1.82) is 0 Å². The van der Waals surface area contributed by atoms with Gasteiger partial charge in [0, 0.05) is 25.3 Å². The maximum absolute atomic E-state index is 13.2. The number of benzene rings is 1. The lowest BCUT2D eigenvalue weighted by atomic mass is 10.1. The van der Waals surface area contributed by atoms with Crippen LogP contribution in [-0.4, -0.2) is 53.1 Å². The van der Waals surface area contributed by atoms with Gasteiger partial charge in [0.15, 0.2) is 0 Å². The second-order valence-corrected chi connectivity index (χ2v) is 6.50. The van der Waals surface area contributed by atoms with Crippen molar-refractivity contribution in [3.63, 3.8) is 0 Å². The molecular formula is C18H21FN6. The van der Waals surface area contributed by atoms with Gasteiger partial charge in [0.1, 0.15) is 17.3 Å². The van der Waals surface area contributed by atoms with E-state index in [0.717, 1.165) is 55.1 Å². The lowest BCUT2D eigenvalue weighted by Gasteiger charge is -2.22.